The number of nitrogens with zero attached hydrogens (tertiary/aromatic N) is 2. The number of amides is 2. The zero-order valence-corrected chi connectivity index (χ0v) is 15.9. The Morgan fingerprint density at radius 3 is 2.59 bits per heavy atom. The maximum absolute atomic E-state index is 12.9. The summed E-state index contributed by atoms with van der Waals surface area (Å²) in [5.41, 5.74) is 0. The standard InChI is InChI=1S/C21H28N2O4/c1-26-18-7-2-3-8-19(18)27-14-20(24)22-12-16-9-10-17(13-22)23(21(16)25)11-15-5-4-6-15/h2-3,7-8,15-17H,4-6,9-14H2,1H3/t16-,17+/m0/s1. The van der Waals surface area contributed by atoms with Crippen LogP contribution in [0.4, 0.5) is 0 Å². The molecule has 0 radical (unpaired) electrons. The number of methoxy groups -OCH3 is 1. The molecule has 6 nitrogen and oxygen atoms in total. The number of piperidine rings is 1. The Morgan fingerprint density at radius 2 is 1.89 bits per heavy atom. The lowest BCUT2D eigenvalue weighted by atomic mass is 9.83. The second-order valence-electron chi connectivity index (χ2n) is 7.95. The predicted octanol–water partition coefficient (Wildman–Crippen LogP) is 2.32. The molecule has 0 spiro atoms. The lowest BCUT2D eigenvalue weighted by Gasteiger charge is -2.40. The number of hydrogen-bond acceptors (Lipinski definition) is 4. The lowest BCUT2D eigenvalue weighted by Crippen LogP contribution is -2.50. The number of ether oxygens (including phenoxy) is 2. The van der Waals surface area contributed by atoms with E-state index in [2.05, 4.69) is 4.90 Å². The van der Waals surface area contributed by atoms with Crippen LogP contribution in [-0.2, 0) is 9.59 Å². The van der Waals surface area contributed by atoms with Crippen molar-refractivity contribution in [2.45, 2.75) is 38.1 Å². The van der Waals surface area contributed by atoms with Crippen molar-refractivity contribution in [3.8, 4) is 11.5 Å². The van der Waals surface area contributed by atoms with Crippen LogP contribution in [0.5, 0.6) is 11.5 Å². The third-order valence-corrected chi connectivity index (χ3v) is 6.25. The Bertz CT molecular complexity index is 703. The van der Waals surface area contributed by atoms with Gasteiger partial charge in [-0.2, -0.15) is 0 Å². The monoisotopic (exact) mass is 372 g/mol. The zero-order valence-electron chi connectivity index (χ0n) is 15.9. The molecule has 1 aromatic carbocycles. The van der Waals surface area contributed by atoms with Crippen LogP contribution in [-0.4, -0.2) is 61.0 Å². The molecule has 4 aliphatic rings. The van der Waals surface area contributed by atoms with E-state index in [-0.39, 0.29) is 30.4 Å². The summed E-state index contributed by atoms with van der Waals surface area (Å²) in [4.78, 5) is 29.5. The number of fused-ring (bicyclic) bond motifs is 4. The first-order chi connectivity index (χ1) is 13.2. The summed E-state index contributed by atoms with van der Waals surface area (Å²) in [5, 5.41) is 0. The third-order valence-electron chi connectivity index (χ3n) is 6.25. The molecule has 2 amide bonds. The van der Waals surface area contributed by atoms with Crippen LogP contribution < -0.4 is 9.47 Å². The van der Waals surface area contributed by atoms with Crippen molar-refractivity contribution in [1.82, 2.24) is 9.80 Å². The van der Waals surface area contributed by atoms with E-state index in [1.165, 1.54) is 19.3 Å². The van der Waals surface area contributed by atoms with Gasteiger partial charge in [0, 0.05) is 25.7 Å². The van der Waals surface area contributed by atoms with E-state index in [1.54, 1.807) is 13.2 Å². The van der Waals surface area contributed by atoms with Crippen molar-refractivity contribution < 1.29 is 19.1 Å². The highest BCUT2D eigenvalue weighted by Crippen LogP contribution is 2.34. The predicted molar refractivity (Wildman–Crippen MR) is 101 cm³/mol. The number of carbonyl (C=O) groups excluding carboxylic acids is 2. The molecule has 4 fully saturated rings. The summed E-state index contributed by atoms with van der Waals surface area (Å²) in [6.07, 6.45) is 5.64. The molecule has 3 aliphatic heterocycles. The molecule has 3 saturated heterocycles. The summed E-state index contributed by atoms with van der Waals surface area (Å²) in [7, 11) is 1.58. The molecule has 146 valence electrons. The van der Waals surface area contributed by atoms with E-state index in [1.807, 2.05) is 23.1 Å². The minimum atomic E-state index is -0.0592. The lowest BCUT2D eigenvalue weighted by molar-refractivity contribution is -0.141. The number of benzene rings is 1. The maximum Gasteiger partial charge on any atom is 0.260 e. The Balaban J connectivity index is 1.39. The van der Waals surface area contributed by atoms with Gasteiger partial charge in [-0.05, 0) is 43.7 Å². The first-order valence-electron chi connectivity index (χ1n) is 9.99. The topological polar surface area (TPSA) is 59.1 Å². The van der Waals surface area contributed by atoms with Gasteiger partial charge in [-0.1, -0.05) is 18.6 Å². The van der Waals surface area contributed by atoms with Gasteiger partial charge in [0.2, 0.25) is 5.91 Å². The Kier molecular flexibility index (Phi) is 5.23. The first kappa shape index (κ1) is 18.1. The van der Waals surface area contributed by atoms with Crippen molar-refractivity contribution in [2.24, 2.45) is 11.8 Å². The van der Waals surface area contributed by atoms with Gasteiger partial charge in [-0.3, -0.25) is 9.59 Å². The van der Waals surface area contributed by atoms with Crippen LogP contribution in [0, 0.1) is 11.8 Å². The SMILES string of the molecule is COc1ccccc1OCC(=O)N1C[C@@H]2CC[C@H](C1)N(CC1CCC1)C2=O. The van der Waals surface area contributed by atoms with Gasteiger partial charge in [0.05, 0.1) is 13.0 Å². The second kappa shape index (κ2) is 7.79. The minimum absolute atomic E-state index is 0.0311. The molecular weight excluding hydrogens is 344 g/mol. The fourth-order valence-electron chi connectivity index (χ4n) is 4.41. The van der Waals surface area contributed by atoms with E-state index in [0.29, 0.717) is 30.5 Å². The fraction of sp³-hybridized carbons (Fsp3) is 0.619. The molecule has 0 N–H and O–H groups in total. The van der Waals surface area contributed by atoms with Crippen molar-refractivity contribution >= 4 is 11.8 Å². The van der Waals surface area contributed by atoms with Crippen molar-refractivity contribution in [1.29, 1.82) is 0 Å². The molecule has 2 atom stereocenters. The number of hydrogen-bond donors (Lipinski definition) is 0. The molecule has 0 unspecified atom stereocenters. The van der Waals surface area contributed by atoms with Crippen molar-refractivity contribution in [2.75, 3.05) is 33.4 Å². The normalized spacial score (nSPS) is 25.1. The van der Waals surface area contributed by atoms with Gasteiger partial charge >= 0.3 is 0 Å². The molecule has 0 aromatic heterocycles. The van der Waals surface area contributed by atoms with Crippen LogP contribution in [0.15, 0.2) is 24.3 Å². The van der Waals surface area contributed by atoms with Gasteiger partial charge < -0.3 is 19.3 Å². The summed E-state index contributed by atoms with van der Waals surface area (Å²) >= 11 is 0. The van der Waals surface area contributed by atoms with Crippen LogP contribution in [0.1, 0.15) is 32.1 Å². The second-order valence-corrected chi connectivity index (χ2v) is 7.95. The molecule has 1 saturated carbocycles. The van der Waals surface area contributed by atoms with E-state index in [9.17, 15) is 9.59 Å². The van der Waals surface area contributed by atoms with E-state index in [0.717, 1.165) is 19.4 Å². The smallest absolute Gasteiger partial charge is 0.260 e. The fourth-order valence-corrected chi connectivity index (χ4v) is 4.41. The average molecular weight is 372 g/mol. The van der Waals surface area contributed by atoms with Gasteiger partial charge in [0.15, 0.2) is 18.1 Å². The van der Waals surface area contributed by atoms with E-state index in [4.69, 9.17) is 9.47 Å². The average Bonchev–Trinajstić information content (AvgIpc) is 2.94. The molecule has 2 bridgehead atoms. The Labute approximate surface area is 160 Å². The third kappa shape index (κ3) is 3.75. The van der Waals surface area contributed by atoms with Crippen molar-refractivity contribution in [3.05, 3.63) is 24.3 Å². The van der Waals surface area contributed by atoms with Crippen LogP contribution in [0.25, 0.3) is 0 Å². The molecule has 5 rings (SSSR count). The highest BCUT2D eigenvalue weighted by atomic mass is 16.5. The molecule has 27 heavy (non-hydrogen) atoms. The molecular formula is C21H28N2O4. The van der Waals surface area contributed by atoms with E-state index < -0.39 is 0 Å². The Hall–Kier alpha value is -2.24. The molecule has 1 aliphatic carbocycles. The first-order valence-corrected chi connectivity index (χ1v) is 9.99. The van der Waals surface area contributed by atoms with Crippen LogP contribution >= 0.6 is 0 Å². The van der Waals surface area contributed by atoms with Crippen molar-refractivity contribution in [3.63, 3.8) is 0 Å². The number of carbonyl (C=O) groups is 2. The van der Waals surface area contributed by atoms with Gasteiger partial charge in [-0.25, -0.2) is 0 Å². The summed E-state index contributed by atoms with van der Waals surface area (Å²) in [5.74, 6) is 1.97. The quantitative estimate of drug-likeness (QED) is 0.769. The van der Waals surface area contributed by atoms with Crippen LogP contribution in [0.3, 0.4) is 0 Å². The summed E-state index contributed by atoms with van der Waals surface area (Å²) < 4.78 is 11.0. The van der Waals surface area contributed by atoms with Gasteiger partial charge in [0.25, 0.3) is 5.91 Å². The van der Waals surface area contributed by atoms with Crippen LogP contribution in [0.2, 0.25) is 0 Å². The molecule has 3 heterocycles. The minimum Gasteiger partial charge on any atom is -0.493 e. The molecule has 6 heteroatoms. The number of rotatable bonds is 6. The highest BCUT2D eigenvalue weighted by molar-refractivity contribution is 5.83. The number of para-hydroxylation sites is 2. The Morgan fingerprint density at radius 1 is 1.11 bits per heavy atom. The molecule has 1 aromatic rings. The zero-order chi connectivity index (χ0) is 18.8. The maximum atomic E-state index is 12.9. The highest BCUT2D eigenvalue weighted by Gasteiger charge is 2.42. The summed E-state index contributed by atoms with van der Waals surface area (Å²) in [6.45, 7) is 1.99. The van der Waals surface area contributed by atoms with Gasteiger partial charge in [-0.15, -0.1) is 0 Å². The summed E-state index contributed by atoms with van der Waals surface area (Å²) in [6, 6.07) is 7.48. The van der Waals surface area contributed by atoms with Gasteiger partial charge in [0.1, 0.15) is 0 Å². The van der Waals surface area contributed by atoms with E-state index >= 15 is 0 Å². The largest absolute Gasteiger partial charge is 0.493 e.